The van der Waals surface area contributed by atoms with E-state index in [0.717, 1.165) is 53.9 Å². The quantitative estimate of drug-likeness (QED) is 0.745. The third-order valence-corrected chi connectivity index (χ3v) is 5.06. The SMILES string of the molecule is O=C1NCCc2[nH]c(-c3ccnc4ccc(O[C@H]5CCCOC5)nc34)cc21. The van der Waals surface area contributed by atoms with Crippen molar-refractivity contribution in [2.24, 2.45) is 0 Å². The highest BCUT2D eigenvalue weighted by atomic mass is 16.5. The number of H-pyrrole nitrogens is 1. The van der Waals surface area contributed by atoms with Crippen LogP contribution in [-0.2, 0) is 11.2 Å². The van der Waals surface area contributed by atoms with Crippen molar-refractivity contribution in [2.45, 2.75) is 25.4 Å². The molecular weight excluding hydrogens is 344 g/mol. The normalized spacial score (nSPS) is 19.6. The number of hydrogen-bond acceptors (Lipinski definition) is 5. The first-order chi connectivity index (χ1) is 13.3. The molecule has 0 saturated carbocycles. The minimum atomic E-state index is -0.0357. The van der Waals surface area contributed by atoms with Gasteiger partial charge in [-0.3, -0.25) is 9.78 Å². The number of nitrogens with zero attached hydrogens (tertiary/aromatic N) is 2. The zero-order valence-electron chi connectivity index (χ0n) is 14.8. The predicted octanol–water partition coefficient (Wildman–Crippen LogP) is 2.47. The highest BCUT2D eigenvalue weighted by Crippen LogP contribution is 2.30. The monoisotopic (exact) mass is 364 g/mol. The molecule has 0 spiro atoms. The van der Waals surface area contributed by atoms with Crippen LogP contribution < -0.4 is 10.1 Å². The third-order valence-electron chi connectivity index (χ3n) is 5.06. The molecule has 1 amide bonds. The van der Waals surface area contributed by atoms with Crippen LogP contribution >= 0.6 is 0 Å². The number of pyridine rings is 2. The fourth-order valence-corrected chi connectivity index (χ4v) is 3.70. The molecular formula is C20H20N4O3. The summed E-state index contributed by atoms with van der Waals surface area (Å²) >= 11 is 0. The number of nitrogens with one attached hydrogen (secondary N) is 2. The second-order valence-corrected chi connectivity index (χ2v) is 6.91. The third kappa shape index (κ3) is 3.04. The first kappa shape index (κ1) is 16.3. The van der Waals surface area contributed by atoms with Gasteiger partial charge in [0.25, 0.3) is 5.91 Å². The number of fused-ring (bicyclic) bond motifs is 2. The molecule has 1 fully saturated rings. The van der Waals surface area contributed by atoms with Crippen molar-refractivity contribution in [3.8, 4) is 17.1 Å². The van der Waals surface area contributed by atoms with Gasteiger partial charge in [-0.15, -0.1) is 0 Å². The average molecular weight is 364 g/mol. The molecule has 0 unspecified atom stereocenters. The van der Waals surface area contributed by atoms with E-state index in [9.17, 15) is 4.79 Å². The number of aromatic amines is 1. The lowest BCUT2D eigenvalue weighted by Gasteiger charge is -2.22. The zero-order chi connectivity index (χ0) is 18.2. The van der Waals surface area contributed by atoms with Crippen LogP contribution in [0.25, 0.3) is 22.3 Å². The van der Waals surface area contributed by atoms with Crippen LogP contribution in [0.2, 0.25) is 0 Å². The number of carbonyl (C=O) groups excluding carboxylic acids is 1. The predicted molar refractivity (Wildman–Crippen MR) is 99.8 cm³/mol. The first-order valence-electron chi connectivity index (χ1n) is 9.28. The van der Waals surface area contributed by atoms with E-state index in [0.29, 0.717) is 24.6 Å². The molecule has 7 heteroatoms. The van der Waals surface area contributed by atoms with E-state index >= 15 is 0 Å². The molecule has 1 atom stereocenters. The topological polar surface area (TPSA) is 89.1 Å². The van der Waals surface area contributed by atoms with Crippen molar-refractivity contribution >= 4 is 16.9 Å². The van der Waals surface area contributed by atoms with Crippen molar-refractivity contribution in [3.05, 3.63) is 41.7 Å². The maximum atomic E-state index is 12.1. The number of hydrogen-bond donors (Lipinski definition) is 2. The Morgan fingerprint density at radius 3 is 3.04 bits per heavy atom. The van der Waals surface area contributed by atoms with Gasteiger partial charge in [-0.05, 0) is 31.0 Å². The molecule has 7 nitrogen and oxygen atoms in total. The van der Waals surface area contributed by atoms with E-state index in [1.807, 2.05) is 24.3 Å². The Bertz CT molecular complexity index is 1010. The molecule has 0 bridgehead atoms. The number of rotatable bonds is 3. The number of amides is 1. The summed E-state index contributed by atoms with van der Waals surface area (Å²) in [5.41, 5.74) is 4.99. The molecule has 2 aliphatic heterocycles. The Labute approximate surface area is 156 Å². The minimum absolute atomic E-state index is 0.0327. The number of carbonyl (C=O) groups is 1. The second kappa shape index (κ2) is 6.66. The Hall–Kier alpha value is -2.93. The molecule has 0 radical (unpaired) electrons. The molecule has 5 rings (SSSR count). The van der Waals surface area contributed by atoms with Crippen LogP contribution in [0.4, 0.5) is 0 Å². The lowest BCUT2D eigenvalue weighted by molar-refractivity contribution is 0.00564. The molecule has 2 N–H and O–H groups in total. The standard InChI is InChI=1S/C20H20N4O3/c25-20-14-10-17(23-15(14)6-8-22-20)13-5-7-21-16-3-4-18(24-19(13)16)27-12-2-1-9-26-11-12/h3-5,7,10,12,23H,1-2,6,8-9,11H2,(H,22,25)/t12-/m0/s1. The maximum Gasteiger partial charge on any atom is 0.253 e. The summed E-state index contributed by atoms with van der Waals surface area (Å²) in [4.78, 5) is 24.6. The minimum Gasteiger partial charge on any atom is -0.472 e. The Morgan fingerprint density at radius 1 is 1.22 bits per heavy atom. The summed E-state index contributed by atoms with van der Waals surface area (Å²) < 4.78 is 11.5. The highest BCUT2D eigenvalue weighted by molar-refractivity contribution is 5.99. The summed E-state index contributed by atoms with van der Waals surface area (Å²) in [5.74, 6) is 0.535. The van der Waals surface area contributed by atoms with E-state index in [2.05, 4.69) is 15.3 Å². The van der Waals surface area contributed by atoms with E-state index in [1.54, 1.807) is 6.20 Å². The lowest BCUT2D eigenvalue weighted by Crippen LogP contribution is -2.31. The fourth-order valence-electron chi connectivity index (χ4n) is 3.70. The first-order valence-corrected chi connectivity index (χ1v) is 9.28. The van der Waals surface area contributed by atoms with Gasteiger partial charge in [-0.2, -0.15) is 0 Å². The van der Waals surface area contributed by atoms with Crippen molar-refractivity contribution in [3.63, 3.8) is 0 Å². The van der Waals surface area contributed by atoms with Gasteiger partial charge >= 0.3 is 0 Å². The molecule has 138 valence electrons. The van der Waals surface area contributed by atoms with Gasteiger partial charge in [-0.1, -0.05) is 0 Å². The fraction of sp³-hybridized carbons (Fsp3) is 0.350. The summed E-state index contributed by atoms with van der Waals surface area (Å²) in [7, 11) is 0. The highest BCUT2D eigenvalue weighted by Gasteiger charge is 2.21. The van der Waals surface area contributed by atoms with E-state index in [-0.39, 0.29) is 12.0 Å². The summed E-state index contributed by atoms with van der Waals surface area (Å²) in [5, 5.41) is 2.88. The summed E-state index contributed by atoms with van der Waals surface area (Å²) in [6, 6.07) is 7.57. The van der Waals surface area contributed by atoms with Crippen LogP contribution in [0.3, 0.4) is 0 Å². The van der Waals surface area contributed by atoms with Crippen LogP contribution in [0, 0.1) is 0 Å². The van der Waals surface area contributed by atoms with Crippen molar-refractivity contribution in [2.75, 3.05) is 19.8 Å². The molecule has 5 heterocycles. The molecule has 3 aromatic rings. The molecule has 0 aromatic carbocycles. The van der Waals surface area contributed by atoms with Crippen molar-refractivity contribution in [1.29, 1.82) is 0 Å². The number of aromatic nitrogens is 3. The van der Waals surface area contributed by atoms with Gasteiger partial charge in [0, 0.05) is 48.8 Å². The van der Waals surface area contributed by atoms with Crippen LogP contribution in [0.15, 0.2) is 30.5 Å². The molecule has 0 aliphatic carbocycles. The van der Waals surface area contributed by atoms with Crippen LogP contribution in [0.5, 0.6) is 5.88 Å². The van der Waals surface area contributed by atoms with E-state index in [4.69, 9.17) is 14.5 Å². The van der Waals surface area contributed by atoms with Gasteiger partial charge in [0.1, 0.15) is 11.6 Å². The van der Waals surface area contributed by atoms with E-state index in [1.165, 1.54) is 0 Å². The van der Waals surface area contributed by atoms with Crippen molar-refractivity contribution in [1.82, 2.24) is 20.3 Å². The lowest BCUT2D eigenvalue weighted by atomic mass is 10.1. The Kier molecular flexibility index (Phi) is 4.01. The van der Waals surface area contributed by atoms with Gasteiger partial charge < -0.3 is 19.8 Å². The molecule has 3 aromatic heterocycles. The largest absolute Gasteiger partial charge is 0.472 e. The smallest absolute Gasteiger partial charge is 0.253 e. The maximum absolute atomic E-state index is 12.1. The molecule has 27 heavy (non-hydrogen) atoms. The second-order valence-electron chi connectivity index (χ2n) is 6.91. The number of ether oxygens (including phenoxy) is 2. The summed E-state index contributed by atoms with van der Waals surface area (Å²) in [6.07, 6.45) is 4.56. The van der Waals surface area contributed by atoms with E-state index < -0.39 is 0 Å². The zero-order valence-corrected chi connectivity index (χ0v) is 14.8. The summed E-state index contributed by atoms with van der Waals surface area (Å²) in [6.45, 7) is 2.05. The Balaban J connectivity index is 1.54. The average Bonchev–Trinajstić information content (AvgIpc) is 3.14. The van der Waals surface area contributed by atoms with Crippen LogP contribution in [-0.4, -0.2) is 46.7 Å². The molecule has 1 saturated heterocycles. The Morgan fingerprint density at radius 2 is 2.19 bits per heavy atom. The van der Waals surface area contributed by atoms with Gasteiger partial charge in [0.15, 0.2) is 0 Å². The molecule has 2 aliphatic rings. The van der Waals surface area contributed by atoms with Gasteiger partial charge in [-0.25, -0.2) is 4.98 Å². The van der Waals surface area contributed by atoms with Gasteiger partial charge in [0.05, 0.1) is 17.7 Å². The van der Waals surface area contributed by atoms with Gasteiger partial charge in [0.2, 0.25) is 5.88 Å². The van der Waals surface area contributed by atoms with Crippen molar-refractivity contribution < 1.29 is 14.3 Å². The van der Waals surface area contributed by atoms with Crippen LogP contribution in [0.1, 0.15) is 28.9 Å².